The highest BCUT2D eigenvalue weighted by Crippen LogP contribution is 2.08. The van der Waals surface area contributed by atoms with E-state index in [1.807, 2.05) is 12.1 Å². The third-order valence-corrected chi connectivity index (χ3v) is 3.01. The highest BCUT2D eigenvalue weighted by molar-refractivity contribution is 5.87. The van der Waals surface area contributed by atoms with Crippen LogP contribution in [0.4, 0.5) is 0 Å². The minimum absolute atomic E-state index is 0.187. The van der Waals surface area contributed by atoms with E-state index in [1.165, 1.54) is 18.4 Å². The first-order valence-electron chi connectivity index (χ1n) is 6.69. The number of benzene rings is 1. The minimum Gasteiger partial charge on any atom is -0.368 e. The Bertz CT molecular complexity index is 426. The van der Waals surface area contributed by atoms with Crippen LogP contribution in [0.5, 0.6) is 0 Å². The molecule has 19 heavy (non-hydrogen) atoms. The Morgan fingerprint density at radius 1 is 1.21 bits per heavy atom. The summed E-state index contributed by atoms with van der Waals surface area (Å²) in [5.41, 5.74) is 7.32. The molecule has 0 saturated heterocycles. The molecule has 1 unspecified atom stereocenters. The van der Waals surface area contributed by atoms with Gasteiger partial charge in [0.25, 0.3) is 0 Å². The minimum atomic E-state index is -0.628. The molecule has 104 valence electrons. The van der Waals surface area contributed by atoms with E-state index in [1.54, 1.807) is 6.92 Å². The molecule has 0 aliphatic heterocycles. The number of carbonyl (C=O) groups is 2. The molecule has 4 nitrogen and oxygen atoms in total. The van der Waals surface area contributed by atoms with Crippen LogP contribution in [0.25, 0.3) is 0 Å². The smallest absolute Gasteiger partial charge is 0.239 e. The number of aryl methyl sites for hydroxylation is 1. The van der Waals surface area contributed by atoms with Crippen molar-refractivity contribution in [3.63, 3.8) is 0 Å². The SMILES string of the molecule is CCCCc1ccc(CC(=O)NC(C)C(N)=O)cc1. The Morgan fingerprint density at radius 3 is 2.32 bits per heavy atom. The zero-order valence-electron chi connectivity index (χ0n) is 11.6. The molecule has 1 aromatic carbocycles. The molecule has 0 bridgehead atoms. The van der Waals surface area contributed by atoms with Crippen LogP contribution in [-0.4, -0.2) is 17.9 Å². The van der Waals surface area contributed by atoms with Crippen molar-refractivity contribution in [3.05, 3.63) is 35.4 Å². The summed E-state index contributed by atoms with van der Waals surface area (Å²) in [6, 6.07) is 7.39. The number of unbranched alkanes of at least 4 members (excludes halogenated alkanes) is 1. The van der Waals surface area contributed by atoms with Crippen molar-refractivity contribution in [2.75, 3.05) is 0 Å². The van der Waals surface area contributed by atoms with Crippen molar-refractivity contribution in [1.29, 1.82) is 0 Å². The van der Waals surface area contributed by atoms with Gasteiger partial charge in [0.05, 0.1) is 6.42 Å². The molecule has 4 heteroatoms. The average Bonchev–Trinajstić information content (AvgIpc) is 2.37. The monoisotopic (exact) mass is 262 g/mol. The third-order valence-electron chi connectivity index (χ3n) is 3.01. The summed E-state index contributed by atoms with van der Waals surface area (Å²) in [6.45, 7) is 3.74. The summed E-state index contributed by atoms with van der Waals surface area (Å²) in [7, 11) is 0. The summed E-state index contributed by atoms with van der Waals surface area (Å²) in [6.07, 6.45) is 3.69. The van der Waals surface area contributed by atoms with Gasteiger partial charge in [0.15, 0.2) is 0 Å². The normalized spacial score (nSPS) is 11.9. The van der Waals surface area contributed by atoms with Crippen LogP contribution >= 0.6 is 0 Å². The molecule has 0 aliphatic rings. The first-order chi connectivity index (χ1) is 9.02. The van der Waals surface area contributed by atoms with Gasteiger partial charge in [-0.15, -0.1) is 0 Å². The molecular weight excluding hydrogens is 240 g/mol. The van der Waals surface area contributed by atoms with Crippen molar-refractivity contribution in [2.45, 2.75) is 45.6 Å². The van der Waals surface area contributed by atoms with Crippen LogP contribution < -0.4 is 11.1 Å². The largest absolute Gasteiger partial charge is 0.368 e. The van der Waals surface area contributed by atoms with Gasteiger partial charge in [-0.2, -0.15) is 0 Å². The van der Waals surface area contributed by atoms with E-state index in [4.69, 9.17) is 5.73 Å². The van der Waals surface area contributed by atoms with Crippen LogP contribution in [0.15, 0.2) is 24.3 Å². The molecule has 1 atom stereocenters. The fourth-order valence-corrected chi connectivity index (χ4v) is 1.75. The van der Waals surface area contributed by atoms with Gasteiger partial charge in [-0.05, 0) is 30.9 Å². The third kappa shape index (κ3) is 5.55. The Kier molecular flexibility index (Phi) is 6.06. The summed E-state index contributed by atoms with van der Waals surface area (Å²) < 4.78 is 0. The maximum Gasteiger partial charge on any atom is 0.239 e. The first-order valence-corrected chi connectivity index (χ1v) is 6.69. The van der Waals surface area contributed by atoms with Crippen LogP contribution in [0.2, 0.25) is 0 Å². The number of primary amides is 1. The fraction of sp³-hybridized carbons (Fsp3) is 0.467. The molecule has 0 spiro atoms. The Balaban J connectivity index is 2.48. The van der Waals surface area contributed by atoms with Gasteiger partial charge in [0.2, 0.25) is 11.8 Å². The van der Waals surface area contributed by atoms with E-state index in [0.29, 0.717) is 0 Å². The van der Waals surface area contributed by atoms with Crippen LogP contribution in [-0.2, 0) is 22.4 Å². The first kappa shape index (κ1) is 15.2. The number of rotatable bonds is 7. The highest BCUT2D eigenvalue weighted by atomic mass is 16.2. The molecule has 0 heterocycles. The molecule has 1 rings (SSSR count). The predicted molar refractivity (Wildman–Crippen MR) is 75.6 cm³/mol. The van der Waals surface area contributed by atoms with E-state index in [9.17, 15) is 9.59 Å². The second-order valence-electron chi connectivity index (χ2n) is 4.79. The lowest BCUT2D eigenvalue weighted by Gasteiger charge is -2.10. The van der Waals surface area contributed by atoms with Crippen molar-refractivity contribution in [1.82, 2.24) is 5.32 Å². The van der Waals surface area contributed by atoms with Crippen molar-refractivity contribution in [3.8, 4) is 0 Å². The van der Waals surface area contributed by atoms with Gasteiger partial charge < -0.3 is 11.1 Å². The van der Waals surface area contributed by atoms with Crippen LogP contribution in [0.3, 0.4) is 0 Å². The van der Waals surface area contributed by atoms with E-state index < -0.39 is 11.9 Å². The molecule has 2 amide bonds. The topological polar surface area (TPSA) is 72.2 Å². The van der Waals surface area contributed by atoms with Gasteiger partial charge in [-0.25, -0.2) is 0 Å². The summed E-state index contributed by atoms with van der Waals surface area (Å²) in [5, 5.41) is 2.56. The van der Waals surface area contributed by atoms with Gasteiger partial charge in [-0.1, -0.05) is 37.6 Å². The van der Waals surface area contributed by atoms with Gasteiger partial charge in [0, 0.05) is 0 Å². The quantitative estimate of drug-likeness (QED) is 0.782. The molecule has 0 radical (unpaired) electrons. The Hall–Kier alpha value is -1.84. The molecule has 3 N–H and O–H groups in total. The molecule has 1 aromatic rings. The van der Waals surface area contributed by atoms with Gasteiger partial charge >= 0.3 is 0 Å². The van der Waals surface area contributed by atoms with E-state index >= 15 is 0 Å². The molecular formula is C15H22N2O2. The molecule has 0 aromatic heterocycles. The zero-order valence-corrected chi connectivity index (χ0v) is 11.6. The van der Waals surface area contributed by atoms with E-state index in [2.05, 4.69) is 24.4 Å². The van der Waals surface area contributed by atoms with Gasteiger partial charge in [0.1, 0.15) is 6.04 Å². The maximum absolute atomic E-state index is 11.7. The molecule has 0 saturated carbocycles. The fourth-order valence-electron chi connectivity index (χ4n) is 1.75. The zero-order chi connectivity index (χ0) is 14.3. The average molecular weight is 262 g/mol. The summed E-state index contributed by atoms with van der Waals surface area (Å²) in [5.74, 6) is -0.712. The van der Waals surface area contributed by atoms with Crippen LogP contribution in [0, 0.1) is 0 Å². The number of nitrogens with one attached hydrogen (secondary N) is 1. The number of hydrogen-bond acceptors (Lipinski definition) is 2. The molecule has 0 fully saturated rings. The highest BCUT2D eigenvalue weighted by Gasteiger charge is 2.12. The predicted octanol–water partition coefficient (Wildman–Crippen LogP) is 1.56. The number of amides is 2. The van der Waals surface area contributed by atoms with Crippen LogP contribution in [0.1, 0.15) is 37.8 Å². The number of nitrogens with two attached hydrogens (primary N) is 1. The van der Waals surface area contributed by atoms with E-state index in [-0.39, 0.29) is 12.3 Å². The van der Waals surface area contributed by atoms with E-state index in [0.717, 1.165) is 12.0 Å². The number of hydrogen-bond donors (Lipinski definition) is 2. The van der Waals surface area contributed by atoms with Crippen molar-refractivity contribution in [2.24, 2.45) is 5.73 Å². The lowest BCUT2D eigenvalue weighted by molar-refractivity contribution is -0.126. The van der Waals surface area contributed by atoms with Gasteiger partial charge in [-0.3, -0.25) is 9.59 Å². The maximum atomic E-state index is 11.7. The second-order valence-corrected chi connectivity index (χ2v) is 4.79. The Morgan fingerprint density at radius 2 is 1.79 bits per heavy atom. The lowest BCUT2D eigenvalue weighted by Crippen LogP contribution is -2.42. The Labute approximate surface area is 114 Å². The van der Waals surface area contributed by atoms with Crippen molar-refractivity contribution < 1.29 is 9.59 Å². The molecule has 0 aliphatic carbocycles. The number of carbonyl (C=O) groups excluding carboxylic acids is 2. The van der Waals surface area contributed by atoms with Crippen molar-refractivity contribution >= 4 is 11.8 Å². The summed E-state index contributed by atoms with van der Waals surface area (Å²) >= 11 is 0. The summed E-state index contributed by atoms with van der Waals surface area (Å²) in [4.78, 5) is 22.5. The lowest BCUT2D eigenvalue weighted by atomic mass is 10.0. The standard InChI is InChI=1S/C15H22N2O2/c1-3-4-5-12-6-8-13(9-7-12)10-14(18)17-11(2)15(16)19/h6-9,11H,3-5,10H2,1-2H3,(H2,16,19)(H,17,18). The second kappa shape index (κ2) is 7.56.